The van der Waals surface area contributed by atoms with Crippen molar-refractivity contribution in [3.8, 4) is 17.0 Å². The van der Waals surface area contributed by atoms with Crippen LogP contribution in [0.3, 0.4) is 0 Å². The normalized spacial score (nSPS) is 12.3. The fourth-order valence-corrected chi connectivity index (χ4v) is 3.03. The van der Waals surface area contributed by atoms with Gasteiger partial charge in [0.25, 0.3) is 11.8 Å². The van der Waals surface area contributed by atoms with Crippen LogP contribution >= 0.6 is 0 Å². The van der Waals surface area contributed by atoms with E-state index in [1.54, 1.807) is 19.9 Å². The summed E-state index contributed by atoms with van der Waals surface area (Å²) in [6, 6.07) is 3.20. The summed E-state index contributed by atoms with van der Waals surface area (Å²) in [6.45, 7) is 5.35. The number of carbonyl (C=O) groups is 1. The maximum Gasteiger partial charge on any atom is 0.272 e. The first-order valence-electron chi connectivity index (χ1n) is 8.12. The van der Waals surface area contributed by atoms with Crippen LogP contribution in [-0.4, -0.2) is 27.6 Å². The molecule has 8 heteroatoms. The van der Waals surface area contributed by atoms with Crippen molar-refractivity contribution in [2.45, 2.75) is 33.6 Å². The molecule has 144 valence electrons. The summed E-state index contributed by atoms with van der Waals surface area (Å²) in [4.78, 5) is 14.8. The minimum absolute atomic E-state index is 0.00745. The number of aromatic nitrogens is 1. The Morgan fingerprint density at radius 3 is 2.41 bits per heavy atom. The Morgan fingerprint density at radius 1 is 1.33 bits per heavy atom. The van der Waals surface area contributed by atoms with E-state index in [-0.39, 0.29) is 28.4 Å². The van der Waals surface area contributed by atoms with Crippen LogP contribution in [-0.2, 0) is 0 Å². The molecule has 0 aliphatic heterocycles. The van der Waals surface area contributed by atoms with E-state index in [0.717, 1.165) is 11.6 Å². The number of aromatic hydroxyl groups is 1. The van der Waals surface area contributed by atoms with Crippen LogP contribution in [0.5, 0.6) is 5.75 Å². The van der Waals surface area contributed by atoms with Gasteiger partial charge in [-0.3, -0.25) is 4.79 Å². The van der Waals surface area contributed by atoms with Gasteiger partial charge in [-0.05, 0) is 38.5 Å². The standard InChI is InChI=1S/C19H22F2N4O2/c1-8-5-6-13(26)9(2)14(8)17-16(23)15(18(24)27)12(25-17)7-11(10(3)22)19(4,20)21/h5-7,22,25-26H,23H2,1-4H3,(H2,24,27)/b11-7+,22-10?. The molecule has 1 heterocycles. The highest BCUT2D eigenvalue weighted by molar-refractivity contribution is 6.08. The van der Waals surface area contributed by atoms with Gasteiger partial charge in [-0.2, -0.15) is 0 Å². The quantitative estimate of drug-likeness (QED) is 0.509. The minimum atomic E-state index is -3.29. The van der Waals surface area contributed by atoms with Gasteiger partial charge in [0.15, 0.2) is 0 Å². The maximum atomic E-state index is 13.9. The molecule has 0 aliphatic rings. The van der Waals surface area contributed by atoms with Crippen molar-refractivity contribution in [3.63, 3.8) is 0 Å². The Kier molecular flexibility index (Phi) is 5.12. The smallest absolute Gasteiger partial charge is 0.272 e. The maximum absolute atomic E-state index is 13.9. The molecule has 0 bridgehead atoms. The number of H-pyrrole nitrogens is 1. The van der Waals surface area contributed by atoms with Crippen molar-refractivity contribution in [3.05, 3.63) is 40.1 Å². The summed E-state index contributed by atoms with van der Waals surface area (Å²) in [5.41, 5.74) is 12.5. The van der Waals surface area contributed by atoms with Gasteiger partial charge in [0.2, 0.25) is 0 Å². The third-order valence-electron chi connectivity index (χ3n) is 4.37. The number of aromatic amines is 1. The molecule has 0 fully saturated rings. The van der Waals surface area contributed by atoms with Crippen molar-refractivity contribution in [2.75, 3.05) is 5.73 Å². The van der Waals surface area contributed by atoms with E-state index in [2.05, 4.69) is 4.98 Å². The topological polar surface area (TPSA) is 129 Å². The van der Waals surface area contributed by atoms with Crippen LogP contribution in [0.2, 0.25) is 0 Å². The number of phenolic OH excluding ortho intramolecular Hbond substituents is 1. The molecule has 2 aromatic rings. The van der Waals surface area contributed by atoms with Crippen LogP contribution in [0.25, 0.3) is 17.3 Å². The number of hydrogen-bond acceptors (Lipinski definition) is 4. The van der Waals surface area contributed by atoms with Crippen molar-refractivity contribution >= 4 is 23.4 Å². The third kappa shape index (κ3) is 3.69. The van der Waals surface area contributed by atoms with Gasteiger partial charge in [-0.1, -0.05) is 6.07 Å². The molecule has 0 radical (unpaired) electrons. The van der Waals surface area contributed by atoms with E-state index >= 15 is 0 Å². The molecule has 0 unspecified atom stereocenters. The molecule has 1 aromatic heterocycles. The van der Waals surface area contributed by atoms with E-state index in [4.69, 9.17) is 16.9 Å². The van der Waals surface area contributed by atoms with Crippen LogP contribution in [0.1, 0.15) is 41.0 Å². The predicted molar refractivity (Wildman–Crippen MR) is 102 cm³/mol. The number of amides is 1. The van der Waals surface area contributed by atoms with E-state index in [1.165, 1.54) is 13.0 Å². The number of carbonyl (C=O) groups excluding carboxylic acids is 1. The fourth-order valence-electron chi connectivity index (χ4n) is 3.03. The molecular weight excluding hydrogens is 354 g/mol. The number of rotatable bonds is 5. The zero-order valence-corrected chi connectivity index (χ0v) is 15.5. The number of nitrogens with one attached hydrogen (secondary N) is 2. The average Bonchev–Trinajstić information content (AvgIpc) is 2.84. The van der Waals surface area contributed by atoms with Crippen molar-refractivity contribution in [1.82, 2.24) is 4.98 Å². The summed E-state index contributed by atoms with van der Waals surface area (Å²) < 4.78 is 27.7. The van der Waals surface area contributed by atoms with E-state index in [0.29, 0.717) is 23.7 Å². The monoisotopic (exact) mass is 376 g/mol. The second-order valence-electron chi connectivity index (χ2n) is 6.54. The SMILES string of the molecule is CC(=N)/C(=C\c1[nH]c(-c2c(C)ccc(O)c2C)c(N)c1C(N)=O)C(C)(F)F. The number of halogens is 2. The Bertz CT molecular complexity index is 969. The van der Waals surface area contributed by atoms with Crippen LogP contribution in [0, 0.1) is 19.3 Å². The number of anilines is 1. The van der Waals surface area contributed by atoms with Gasteiger partial charge in [-0.15, -0.1) is 0 Å². The van der Waals surface area contributed by atoms with Crippen LogP contribution in [0.15, 0.2) is 17.7 Å². The van der Waals surface area contributed by atoms with Crippen LogP contribution in [0.4, 0.5) is 14.5 Å². The highest BCUT2D eigenvalue weighted by Gasteiger charge is 2.31. The molecule has 0 atom stereocenters. The lowest BCUT2D eigenvalue weighted by Gasteiger charge is -2.14. The summed E-state index contributed by atoms with van der Waals surface area (Å²) in [7, 11) is 0. The lowest BCUT2D eigenvalue weighted by Crippen LogP contribution is -2.20. The highest BCUT2D eigenvalue weighted by Crippen LogP contribution is 2.38. The number of alkyl halides is 2. The summed E-state index contributed by atoms with van der Waals surface area (Å²) in [5.74, 6) is -4.16. The van der Waals surface area contributed by atoms with E-state index in [1.807, 2.05) is 0 Å². The largest absolute Gasteiger partial charge is 0.508 e. The van der Waals surface area contributed by atoms with Crippen LogP contribution < -0.4 is 11.5 Å². The number of hydrogen-bond donors (Lipinski definition) is 5. The number of aryl methyl sites for hydroxylation is 1. The van der Waals surface area contributed by atoms with Gasteiger partial charge in [-0.25, -0.2) is 8.78 Å². The second-order valence-corrected chi connectivity index (χ2v) is 6.54. The summed E-state index contributed by atoms with van der Waals surface area (Å²) in [6.07, 6.45) is 1.01. The first-order chi connectivity index (χ1) is 12.4. The molecule has 0 spiro atoms. The molecule has 0 saturated carbocycles. The molecule has 1 aromatic carbocycles. The molecule has 2 rings (SSSR count). The minimum Gasteiger partial charge on any atom is -0.508 e. The lowest BCUT2D eigenvalue weighted by atomic mass is 9.97. The third-order valence-corrected chi connectivity index (χ3v) is 4.37. The molecular formula is C19H22F2N4O2. The number of nitrogen functional groups attached to an aromatic ring is 1. The van der Waals surface area contributed by atoms with Gasteiger partial charge < -0.3 is 27.0 Å². The first kappa shape index (κ1) is 20.2. The molecule has 7 N–H and O–H groups in total. The first-order valence-corrected chi connectivity index (χ1v) is 8.12. The Morgan fingerprint density at radius 2 is 1.93 bits per heavy atom. The molecule has 0 aliphatic carbocycles. The molecule has 0 saturated heterocycles. The zero-order valence-electron chi connectivity index (χ0n) is 15.5. The Hall–Kier alpha value is -3.16. The molecule has 6 nitrogen and oxygen atoms in total. The average molecular weight is 376 g/mol. The Labute approximate surface area is 155 Å². The number of primary amides is 1. The zero-order chi connectivity index (χ0) is 20.7. The van der Waals surface area contributed by atoms with Crippen molar-refractivity contribution in [2.24, 2.45) is 5.73 Å². The van der Waals surface area contributed by atoms with Crippen molar-refractivity contribution in [1.29, 1.82) is 5.41 Å². The number of nitrogens with two attached hydrogens (primary N) is 2. The number of benzene rings is 1. The van der Waals surface area contributed by atoms with Crippen molar-refractivity contribution < 1.29 is 18.7 Å². The highest BCUT2D eigenvalue weighted by atomic mass is 19.3. The predicted octanol–water partition coefficient (Wildman–Crippen LogP) is 3.76. The van der Waals surface area contributed by atoms with Gasteiger partial charge in [0.05, 0.1) is 22.6 Å². The van der Waals surface area contributed by atoms with E-state index in [9.17, 15) is 18.7 Å². The van der Waals surface area contributed by atoms with Gasteiger partial charge >= 0.3 is 0 Å². The molecule has 1 amide bonds. The molecule has 27 heavy (non-hydrogen) atoms. The number of phenols is 1. The summed E-state index contributed by atoms with van der Waals surface area (Å²) in [5, 5.41) is 17.6. The number of allylic oxidation sites excluding steroid dienone is 1. The lowest BCUT2D eigenvalue weighted by molar-refractivity contribution is 0.0709. The second kappa shape index (κ2) is 6.86. The summed E-state index contributed by atoms with van der Waals surface area (Å²) >= 11 is 0. The van der Waals surface area contributed by atoms with E-state index < -0.39 is 17.4 Å². The van der Waals surface area contributed by atoms with Gasteiger partial charge in [0, 0.05) is 29.3 Å². The van der Waals surface area contributed by atoms with Gasteiger partial charge in [0.1, 0.15) is 5.75 Å². The Balaban J connectivity index is 2.85. The fraction of sp³-hybridized carbons (Fsp3) is 0.263.